The van der Waals surface area contributed by atoms with Crippen LogP contribution in [-0.2, 0) is 6.54 Å². The van der Waals surface area contributed by atoms with Gasteiger partial charge in [0.05, 0.1) is 11.0 Å². The Balaban J connectivity index is 0.00000312. The van der Waals surface area contributed by atoms with Crippen molar-refractivity contribution in [1.29, 1.82) is 0 Å². The highest BCUT2D eigenvalue weighted by atomic mass is 127. The minimum atomic E-state index is -0.404. The van der Waals surface area contributed by atoms with Crippen LogP contribution in [0.1, 0.15) is 24.1 Å². The first-order valence-electron chi connectivity index (χ1n) is 7.45. The summed E-state index contributed by atoms with van der Waals surface area (Å²) < 4.78 is 0. The van der Waals surface area contributed by atoms with Crippen LogP contribution in [0.5, 0.6) is 0 Å². The van der Waals surface area contributed by atoms with Gasteiger partial charge in [0.2, 0.25) is 0 Å². The van der Waals surface area contributed by atoms with E-state index in [1.807, 2.05) is 37.3 Å². The molecule has 0 aliphatic heterocycles. The summed E-state index contributed by atoms with van der Waals surface area (Å²) in [6.07, 6.45) is 0. The lowest BCUT2D eigenvalue weighted by atomic mass is 10.1. The lowest BCUT2D eigenvalue weighted by molar-refractivity contribution is -0.384. The second kappa shape index (κ2) is 10.2. The van der Waals surface area contributed by atoms with Crippen molar-refractivity contribution in [1.82, 2.24) is 10.6 Å². The highest BCUT2D eigenvalue weighted by Crippen LogP contribution is 2.16. The average molecular weight is 475 g/mol. The van der Waals surface area contributed by atoms with Crippen molar-refractivity contribution in [2.24, 2.45) is 4.99 Å². The summed E-state index contributed by atoms with van der Waals surface area (Å²) in [5, 5.41) is 17.9. The van der Waals surface area contributed by atoms with Gasteiger partial charge in [-0.3, -0.25) is 15.1 Å². The van der Waals surface area contributed by atoms with E-state index < -0.39 is 4.92 Å². The summed E-state index contributed by atoms with van der Waals surface area (Å²) in [5.74, 6) is 0.615. The number of hydrogen-bond acceptors (Lipinski definition) is 3. The fourth-order valence-electron chi connectivity index (χ4n) is 2.20. The van der Waals surface area contributed by atoms with Gasteiger partial charge < -0.3 is 10.6 Å². The van der Waals surface area contributed by atoms with Crippen molar-refractivity contribution >= 4 is 47.2 Å². The van der Waals surface area contributed by atoms with Crippen LogP contribution in [0.2, 0.25) is 5.02 Å². The number of benzene rings is 2. The number of nitrogens with zero attached hydrogens (tertiary/aromatic N) is 2. The van der Waals surface area contributed by atoms with Crippen LogP contribution in [-0.4, -0.2) is 17.9 Å². The zero-order valence-electron chi connectivity index (χ0n) is 13.9. The van der Waals surface area contributed by atoms with Crippen LogP contribution in [0, 0.1) is 10.1 Å². The Morgan fingerprint density at radius 2 is 1.96 bits per heavy atom. The molecule has 2 rings (SSSR count). The Morgan fingerprint density at radius 1 is 1.28 bits per heavy atom. The maximum absolute atomic E-state index is 10.8. The van der Waals surface area contributed by atoms with Gasteiger partial charge in [-0.05, 0) is 30.2 Å². The Kier molecular flexibility index (Phi) is 8.64. The number of nitro benzene ring substituents is 1. The van der Waals surface area contributed by atoms with Crippen LogP contribution in [0.15, 0.2) is 53.5 Å². The number of non-ortho nitro benzene ring substituents is 1. The van der Waals surface area contributed by atoms with E-state index in [0.717, 1.165) is 11.1 Å². The molecule has 0 aliphatic rings. The topological polar surface area (TPSA) is 79.6 Å². The molecule has 0 spiro atoms. The fourth-order valence-corrected chi connectivity index (χ4v) is 2.33. The molecule has 2 N–H and O–H groups in total. The van der Waals surface area contributed by atoms with E-state index in [4.69, 9.17) is 11.6 Å². The van der Waals surface area contributed by atoms with Gasteiger partial charge in [-0.15, -0.1) is 24.0 Å². The molecule has 8 heteroatoms. The highest BCUT2D eigenvalue weighted by molar-refractivity contribution is 14.0. The maximum atomic E-state index is 10.8. The van der Waals surface area contributed by atoms with Gasteiger partial charge in [-0.1, -0.05) is 35.9 Å². The molecular weight excluding hydrogens is 455 g/mol. The SMILES string of the molecule is CN=C(NCc1cccc([N+](=O)[O-])c1)NC(C)c1ccc(Cl)cc1.I. The van der Waals surface area contributed by atoms with Crippen LogP contribution in [0.4, 0.5) is 5.69 Å². The predicted molar refractivity (Wildman–Crippen MR) is 112 cm³/mol. The first-order chi connectivity index (χ1) is 11.5. The zero-order valence-corrected chi connectivity index (χ0v) is 17.0. The molecule has 0 saturated heterocycles. The van der Waals surface area contributed by atoms with Crippen molar-refractivity contribution < 1.29 is 4.92 Å². The molecule has 0 bridgehead atoms. The van der Waals surface area contributed by atoms with Gasteiger partial charge in [-0.2, -0.15) is 0 Å². The minimum Gasteiger partial charge on any atom is -0.352 e. The average Bonchev–Trinajstić information content (AvgIpc) is 2.59. The highest BCUT2D eigenvalue weighted by Gasteiger charge is 2.09. The molecule has 25 heavy (non-hydrogen) atoms. The van der Waals surface area contributed by atoms with Crippen molar-refractivity contribution in [3.8, 4) is 0 Å². The van der Waals surface area contributed by atoms with E-state index in [1.165, 1.54) is 6.07 Å². The normalized spacial score (nSPS) is 12.0. The van der Waals surface area contributed by atoms with E-state index in [2.05, 4.69) is 15.6 Å². The molecule has 0 amide bonds. The summed E-state index contributed by atoms with van der Waals surface area (Å²) in [7, 11) is 1.68. The van der Waals surface area contributed by atoms with E-state index >= 15 is 0 Å². The molecule has 134 valence electrons. The third kappa shape index (κ3) is 6.50. The lowest BCUT2D eigenvalue weighted by Gasteiger charge is -2.18. The largest absolute Gasteiger partial charge is 0.352 e. The monoisotopic (exact) mass is 474 g/mol. The second-order valence-corrected chi connectivity index (χ2v) is 5.71. The number of aliphatic imine (C=N–C) groups is 1. The smallest absolute Gasteiger partial charge is 0.269 e. The minimum absolute atomic E-state index is 0. The molecule has 1 unspecified atom stereocenters. The molecule has 0 aromatic heterocycles. The number of halogens is 2. The Morgan fingerprint density at radius 3 is 2.56 bits per heavy atom. The maximum Gasteiger partial charge on any atom is 0.269 e. The van der Waals surface area contributed by atoms with Gasteiger partial charge in [0.15, 0.2) is 5.96 Å². The summed E-state index contributed by atoms with van der Waals surface area (Å²) in [4.78, 5) is 14.6. The molecule has 6 nitrogen and oxygen atoms in total. The van der Waals surface area contributed by atoms with E-state index in [-0.39, 0.29) is 35.7 Å². The van der Waals surface area contributed by atoms with E-state index in [9.17, 15) is 10.1 Å². The third-order valence-electron chi connectivity index (χ3n) is 3.53. The molecular formula is C17H20ClIN4O2. The van der Waals surface area contributed by atoms with E-state index in [1.54, 1.807) is 19.2 Å². The molecule has 0 aliphatic carbocycles. The molecule has 1 atom stereocenters. The number of nitro groups is 1. The van der Waals surface area contributed by atoms with Gasteiger partial charge in [0, 0.05) is 30.7 Å². The van der Waals surface area contributed by atoms with Crippen LogP contribution in [0.3, 0.4) is 0 Å². The summed E-state index contributed by atoms with van der Waals surface area (Å²) in [6, 6.07) is 14.1. The van der Waals surface area contributed by atoms with Crippen molar-refractivity contribution in [2.45, 2.75) is 19.5 Å². The zero-order chi connectivity index (χ0) is 17.5. The van der Waals surface area contributed by atoms with Crippen LogP contribution in [0.25, 0.3) is 0 Å². The molecule has 0 saturated carbocycles. The van der Waals surface area contributed by atoms with Gasteiger partial charge in [0.25, 0.3) is 5.69 Å². The quantitative estimate of drug-likeness (QED) is 0.223. The van der Waals surface area contributed by atoms with Gasteiger partial charge in [-0.25, -0.2) is 0 Å². The first-order valence-corrected chi connectivity index (χ1v) is 7.83. The van der Waals surface area contributed by atoms with Crippen molar-refractivity contribution in [2.75, 3.05) is 7.05 Å². The molecule has 0 fully saturated rings. The summed E-state index contributed by atoms with van der Waals surface area (Å²) in [6.45, 7) is 2.46. The first kappa shape index (κ1) is 21.2. The molecule has 2 aromatic carbocycles. The lowest BCUT2D eigenvalue weighted by Crippen LogP contribution is -2.38. The van der Waals surface area contributed by atoms with Crippen molar-refractivity contribution in [3.05, 3.63) is 74.8 Å². The van der Waals surface area contributed by atoms with Gasteiger partial charge >= 0.3 is 0 Å². The molecule has 0 heterocycles. The third-order valence-corrected chi connectivity index (χ3v) is 3.78. The number of hydrogen-bond donors (Lipinski definition) is 2. The fraction of sp³-hybridized carbons (Fsp3) is 0.235. The van der Waals surface area contributed by atoms with Crippen LogP contribution >= 0.6 is 35.6 Å². The second-order valence-electron chi connectivity index (χ2n) is 5.27. The van der Waals surface area contributed by atoms with E-state index in [0.29, 0.717) is 17.5 Å². The van der Waals surface area contributed by atoms with Crippen molar-refractivity contribution in [3.63, 3.8) is 0 Å². The Bertz CT molecular complexity index is 738. The Labute approximate surface area is 168 Å². The number of nitrogens with one attached hydrogen (secondary N) is 2. The van der Waals surface area contributed by atoms with Crippen LogP contribution < -0.4 is 10.6 Å². The molecule has 2 aromatic rings. The number of guanidine groups is 1. The predicted octanol–water partition coefficient (Wildman–Crippen LogP) is 4.29. The summed E-state index contributed by atoms with van der Waals surface area (Å²) in [5.41, 5.74) is 1.97. The standard InChI is InChI=1S/C17H19ClN4O2.HI/c1-12(14-6-8-15(18)9-7-14)21-17(19-2)20-11-13-4-3-5-16(10-13)22(23)24;/h3-10,12H,11H2,1-2H3,(H2,19,20,21);1H. The Hall–Kier alpha value is -1.87. The summed E-state index contributed by atoms with van der Waals surface area (Å²) >= 11 is 5.90. The molecule has 0 radical (unpaired) electrons. The van der Waals surface area contributed by atoms with Gasteiger partial charge in [0.1, 0.15) is 0 Å². The number of rotatable bonds is 5.